The van der Waals surface area contributed by atoms with Crippen molar-refractivity contribution in [3.05, 3.63) is 77.4 Å². The Balaban J connectivity index is 1.47. The summed E-state index contributed by atoms with van der Waals surface area (Å²) in [6.45, 7) is 9.19. The molecule has 2 heterocycles. The lowest BCUT2D eigenvalue weighted by molar-refractivity contribution is 0.169. The smallest absolute Gasteiger partial charge is 0.179 e. The zero-order valence-electron chi connectivity index (χ0n) is 22.7. The van der Waals surface area contributed by atoms with E-state index >= 15 is 0 Å². The molecule has 3 aromatic carbocycles. The number of benzene rings is 3. The van der Waals surface area contributed by atoms with Crippen molar-refractivity contribution in [3.63, 3.8) is 0 Å². The van der Waals surface area contributed by atoms with Crippen LogP contribution in [0, 0.1) is 5.92 Å². The first-order valence-electron chi connectivity index (χ1n) is 13.2. The number of hydrogen-bond acceptors (Lipinski definition) is 7. The van der Waals surface area contributed by atoms with Gasteiger partial charge in [-0.3, -0.25) is 4.90 Å². The lowest BCUT2D eigenvalue weighted by atomic mass is 9.86. The molecule has 39 heavy (non-hydrogen) atoms. The monoisotopic (exact) mass is 549 g/mol. The van der Waals surface area contributed by atoms with Crippen molar-refractivity contribution in [2.45, 2.75) is 44.2 Å². The predicted octanol–water partition coefficient (Wildman–Crippen LogP) is 5.67. The SMILES string of the molecule is CC1=C(c2cccc(O)c2)C(c2ccc(OC[C@H](C)N3CC[C@@H](C)C3)cc2)Oc2cc(S(C)(=O)=O)c(O)cc21. The van der Waals surface area contributed by atoms with Crippen molar-refractivity contribution in [1.29, 1.82) is 0 Å². The first-order chi connectivity index (χ1) is 18.5. The number of sulfone groups is 1. The van der Waals surface area contributed by atoms with Gasteiger partial charge >= 0.3 is 0 Å². The van der Waals surface area contributed by atoms with Gasteiger partial charge in [0, 0.05) is 36.0 Å². The van der Waals surface area contributed by atoms with Gasteiger partial charge in [0.2, 0.25) is 0 Å². The van der Waals surface area contributed by atoms with Crippen molar-refractivity contribution in [1.82, 2.24) is 4.90 Å². The van der Waals surface area contributed by atoms with Crippen LogP contribution in [0.15, 0.2) is 65.6 Å². The standard InChI is InChI=1S/C31H35NO6S/c1-19-12-13-32(17-19)20(2)18-37-25-10-8-22(9-11-25)31-30(23-6-5-7-24(33)14-23)21(3)26-15-27(34)29(39(4,35)36)16-28(26)38-31/h5-11,14-16,19-20,31,33-34H,12-13,17-18H2,1-4H3/t19-,20+,31?/m1/s1. The van der Waals surface area contributed by atoms with Gasteiger partial charge in [-0.25, -0.2) is 8.42 Å². The number of phenols is 2. The van der Waals surface area contributed by atoms with Crippen molar-refractivity contribution in [3.8, 4) is 23.0 Å². The lowest BCUT2D eigenvalue weighted by Gasteiger charge is -2.31. The van der Waals surface area contributed by atoms with E-state index in [1.54, 1.807) is 18.2 Å². The van der Waals surface area contributed by atoms with E-state index in [1.807, 2.05) is 37.3 Å². The molecule has 0 spiro atoms. The van der Waals surface area contributed by atoms with Gasteiger partial charge in [-0.15, -0.1) is 0 Å². The van der Waals surface area contributed by atoms with Gasteiger partial charge in [0.1, 0.15) is 40.6 Å². The summed E-state index contributed by atoms with van der Waals surface area (Å²) in [5.41, 5.74) is 3.84. The van der Waals surface area contributed by atoms with Crippen molar-refractivity contribution in [2.75, 3.05) is 26.0 Å². The summed E-state index contributed by atoms with van der Waals surface area (Å²) in [5, 5.41) is 20.7. The van der Waals surface area contributed by atoms with Gasteiger partial charge in [-0.1, -0.05) is 31.2 Å². The molecule has 2 aliphatic rings. The van der Waals surface area contributed by atoms with Gasteiger partial charge in [0.05, 0.1) is 0 Å². The molecule has 0 bridgehead atoms. The van der Waals surface area contributed by atoms with E-state index in [-0.39, 0.29) is 16.4 Å². The summed E-state index contributed by atoms with van der Waals surface area (Å²) in [6, 6.07) is 17.8. The number of aromatic hydroxyl groups is 2. The minimum Gasteiger partial charge on any atom is -0.508 e. The second kappa shape index (κ2) is 10.6. The van der Waals surface area contributed by atoms with E-state index in [0.29, 0.717) is 24.0 Å². The predicted molar refractivity (Wildman–Crippen MR) is 152 cm³/mol. The Morgan fingerprint density at radius 3 is 2.49 bits per heavy atom. The molecule has 3 aromatic rings. The Hall–Kier alpha value is -3.49. The van der Waals surface area contributed by atoms with Gasteiger partial charge in [-0.05, 0) is 79.8 Å². The van der Waals surface area contributed by atoms with Crippen molar-refractivity contribution < 1.29 is 28.1 Å². The first-order valence-corrected chi connectivity index (χ1v) is 15.1. The molecule has 0 radical (unpaired) electrons. The summed E-state index contributed by atoms with van der Waals surface area (Å²) >= 11 is 0. The van der Waals surface area contributed by atoms with Gasteiger partial charge < -0.3 is 19.7 Å². The number of likely N-dealkylation sites (tertiary alicyclic amines) is 1. The summed E-state index contributed by atoms with van der Waals surface area (Å²) < 4.78 is 37.1. The van der Waals surface area contributed by atoms with E-state index in [9.17, 15) is 18.6 Å². The maximum absolute atomic E-state index is 12.3. The number of allylic oxidation sites excluding steroid dienone is 1. The first kappa shape index (κ1) is 27.1. The number of nitrogens with zero attached hydrogens (tertiary/aromatic N) is 1. The van der Waals surface area contributed by atoms with Crippen LogP contribution in [0.1, 0.15) is 50.0 Å². The fourth-order valence-corrected chi connectivity index (χ4v) is 6.23. The third kappa shape index (κ3) is 5.63. The van der Waals surface area contributed by atoms with E-state index in [4.69, 9.17) is 9.47 Å². The van der Waals surface area contributed by atoms with Gasteiger partial charge in [-0.2, -0.15) is 0 Å². The zero-order valence-corrected chi connectivity index (χ0v) is 23.5. The highest BCUT2D eigenvalue weighted by Crippen LogP contribution is 2.49. The highest BCUT2D eigenvalue weighted by molar-refractivity contribution is 7.90. The molecule has 0 aromatic heterocycles. The van der Waals surface area contributed by atoms with Crippen LogP contribution in [0.5, 0.6) is 23.0 Å². The molecule has 2 N–H and O–H groups in total. The highest BCUT2D eigenvalue weighted by Gasteiger charge is 2.31. The Morgan fingerprint density at radius 1 is 1.10 bits per heavy atom. The topological polar surface area (TPSA) is 96.3 Å². The summed E-state index contributed by atoms with van der Waals surface area (Å²) in [5.74, 6) is 1.65. The molecule has 0 aliphatic carbocycles. The third-order valence-electron chi connectivity index (χ3n) is 7.69. The Bertz CT molecular complexity index is 1510. The summed E-state index contributed by atoms with van der Waals surface area (Å²) in [7, 11) is -3.67. The number of phenolic OH excluding ortho intramolecular Hbond substituents is 2. The molecule has 3 atom stereocenters. The highest BCUT2D eigenvalue weighted by atomic mass is 32.2. The van der Waals surface area contributed by atoms with Crippen LogP contribution >= 0.6 is 0 Å². The van der Waals surface area contributed by atoms with Crippen LogP contribution in [0.2, 0.25) is 0 Å². The van der Waals surface area contributed by atoms with Crippen molar-refractivity contribution >= 4 is 21.0 Å². The molecule has 1 fully saturated rings. The summed E-state index contributed by atoms with van der Waals surface area (Å²) in [4.78, 5) is 2.28. The average Bonchev–Trinajstić information content (AvgIpc) is 3.33. The summed E-state index contributed by atoms with van der Waals surface area (Å²) in [6.07, 6.45) is 1.71. The third-order valence-corrected chi connectivity index (χ3v) is 8.81. The molecular weight excluding hydrogens is 514 g/mol. The molecule has 0 saturated carbocycles. The average molecular weight is 550 g/mol. The van der Waals surface area contributed by atoms with E-state index in [1.165, 1.54) is 18.6 Å². The van der Waals surface area contributed by atoms with Crippen LogP contribution in [-0.2, 0) is 9.84 Å². The molecular formula is C31H35NO6S. The minimum absolute atomic E-state index is 0.123. The van der Waals surface area contributed by atoms with Gasteiger partial charge in [0.15, 0.2) is 9.84 Å². The van der Waals surface area contributed by atoms with E-state index < -0.39 is 15.9 Å². The molecule has 1 unspecified atom stereocenters. The second-order valence-electron chi connectivity index (χ2n) is 10.8. The molecule has 7 nitrogen and oxygen atoms in total. The normalized spacial score (nSPS) is 20.4. The molecule has 2 aliphatic heterocycles. The van der Waals surface area contributed by atoms with Crippen LogP contribution in [0.25, 0.3) is 11.1 Å². The molecule has 8 heteroatoms. The molecule has 1 saturated heterocycles. The van der Waals surface area contributed by atoms with Crippen molar-refractivity contribution in [2.24, 2.45) is 5.92 Å². The van der Waals surface area contributed by atoms with Gasteiger partial charge in [0.25, 0.3) is 0 Å². The maximum atomic E-state index is 12.3. The van der Waals surface area contributed by atoms with Crippen LogP contribution in [0.3, 0.4) is 0 Å². The van der Waals surface area contributed by atoms with Crippen LogP contribution in [0.4, 0.5) is 0 Å². The Morgan fingerprint density at radius 2 is 1.85 bits per heavy atom. The fourth-order valence-electron chi connectivity index (χ4n) is 5.47. The molecule has 0 amide bonds. The Labute approximate surface area is 230 Å². The number of hydrogen-bond donors (Lipinski definition) is 2. The second-order valence-corrected chi connectivity index (χ2v) is 12.8. The fraction of sp³-hybridized carbons (Fsp3) is 0.355. The number of rotatable bonds is 7. The zero-order chi connectivity index (χ0) is 27.9. The van der Waals surface area contributed by atoms with E-state index in [0.717, 1.165) is 53.3 Å². The number of ether oxygens (including phenoxy) is 2. The molecule has 5 rings (SSSR count). The number of fused-ring (bicyclic) bond motifs is 1. The maximum Gasteiger partial charge on any atom is 0.179 e. The quantitative estimate of drug-likeness (QED) is 0.392. The molecule has 206 valence electrons. The van der Waals surface area contributed by atoms with Crippen LogP contribution < -0.4 is 9.47 Å². The Kier molecular flexibility index (Phi) is 7.35. The largest absolute Gasteiger partial charge is 0.508 e. The lowest BCUT2D eigenvalue weighted by Crippen LogP contribution is -2.35. The van der Waals surface area contributed by atoms with E-state index in [2.05, 4.69) is 18.7 Å². The minimum atomic E-state index is -3.67. The van der Waals surface area contributed by atoms with Crippen LogP contribution in [-0.4, -0.2) is 55.5 Å².